The zero-order chi connectivity index (χ0) is 15.4. The molecule has 7 heteroatoms. The van der Waals surface area contributed by atoms with Gasteiger partial charge in [0.05, 0.1) is 5.02 Å². The first-order chi connectivity index (χ1) is 10.0. The number of rotatable bonds is 4. The summed E-state index contributed by atoms with van der Waals surface area (Å²) in [5, 5.41) is 2.93. The molecule has 2 rings (SSSR count). The largest absolute Gasteiger partial charge is 0.453 e. The number of carbonyl (C=O) groups is 1. The fourth-order valence-electron chi connectivity index (χ4n) is 1.54. The lowest BCUT2D eigenvalue weighted by Gasteiger charge is -2.10. The molecule has 1 amide bonds. The van der Waals surface area contributed by atoms with Crippen LogP contribution >= 0.6 is 34.8 Å². The van der Waals surface area contributed by atoms with Crippen molar-refractivity contribution in [3.8, 4) is 11.5 Å². The predicted octanol–water partition coefficient (Wildman–Crippen LogP) is 5.10. The van der Waals surface area contributed by atoms with E-state index in [0.29, 0.717) is 5.02 Å². The van der Waals surface area contributed by atoms with Gasteiger partial charge < -0.3 is 10.1 Å². The van der Waals surface area contributed by atoms with Gasteiger partial charge in [-0.25, -0.2) is 4.39 Å². The van der Waals surface area contributed by atoms with E-state index >= 15 is 0 Å². The highest BCUT2D eigenvalue weighted by molar-refractivity contribution is 6.42. The standard InChI is InChI=1S/C14H9Cl3FNO2/c15-7-13(20)19-8-4-5-11(10(18)6-8)21-12-3-1-2-9(16)14(12)17/h1-6H,7H2,(H,19,20). The van der Waals surface area contributed by atoms with Crippen LogP contribution in [0.3, 0.4) is 0 Å². The van der Waals surface area contributed by atoms with E-state index in [9.17, 15) is 9.18 Å². The fraction of sp³-hybridized carbons (Fsp3) is 0.0714. The summed E-state index contributed by atoms with van der Waals surface area (Å²) in [7, 11) is 0. The molecular formula is C14H9Cl3FNO2. The van der Waals surface area contributed by atoms with Gasteiger partial charge in [0.15, 0.2) is 11.6 Å². The molecule has 0 aliphatic carbocycles. The number of ether oxygens (including phenoxy) is 1. The van der Waals surface area contributed by atoms with E-state index in [1.807, 2.05) is 0 Å². The monoisotopic (exact) mass is 347 g/mol. The van der Waals surface area contributed by atoms with Crippen LogP contribution in [-0.2, 0) is 4.79 Å². The first kappa shape index (κ1) is 15.9. The quantitative estimate of drug-likeness (QED) is 0.780. The van der Waals surface area contributed by atoms with Crippen molar-refractivity contribution in [3.63, 3.8) is 0 Å². The van der Waals surface area contributed by atoms with Gasteiger partial charge in [-0.2, -0.15) is 0 Å². The Labute approximate surface area is 135 Å². The van der Waals surface area contributed by atoms with Crippen molar-refractivity contribution in [2.75, 3.05) is 11.2 Å². The number of nitrogens with one attached hydrogen (secondary N) is 1. The van der Waals surface area contributed by atoms with Crippen molar-refractivity contribution in [1.29, 1.82) is 0 Å². The Morgan fingerprint density at radius 3 is 2.62 bits per heavy atom. The molecule has 110 valence electrons. The van der Waals surface area contributed by atoms with Crippen molar-refractivity contribution in [2.45, 2.75) is 0 Å². The Morgan fingerprint density at radius 2 is 1.95 bits per heavy atom. The molecule has 0 saturated heterocycles. The fourth-order valence-corrected chi connectivity index (χ4v) is 1.93. The third-order valence-electron chi connectivity index (χ3n) is 2.47. The molecule has 2 aromatic carbocycles. The van der Waals surface area contributed by atoms with E-state index in [1.54, 1.807) is 18.2 Å². The normalized spacial score (nSPS) is 10.3. The maximum Gasteiger partial charge on any atom is 0.239 e. The van der Waals surface area contributed by atoms with Crippen LogP contribution in [0.5, 0.6) is 11.5 Å². The topological polar surface area (TPSA) is 38.3 Å². The third-order valence-corrected chi connectivity index (χ3v) is 3.52. The summed E-state index contributed by atoms with van der Waals surface area (Å²) in [5.41, 5.74) is 0.280. The van der Waals surface area contributed by atoms with E-state index in [2.05, 4.69) is 5.32 Å². The zero-order valence-corrected chi connectivity index (χ0v) is 12.8. The van der Waals surface area contributed by atoms with Crippen LogP contribution in [0.2, 0.25) is 10.0 Å². The van der Waals surface area contributed by atoms with E-state index < -0.39 is 11.7 Å². The number of hydrogen-bond acceptors (Lipinski definition) is 2. The molecule has 0 unspecified atom stereocenters. The van der Waals surface area contributed by atoms with Gasteiger partial charge >= 0.3 is 0 Å². The van der Waals surface area contributed by atoms with Crippen molar-refractivity contribution >= 4 is 46.4 Å². The number of amides is 1. The first-order valence-electron chi connectivity index (χ1n) is 5.78. The van der Waals surface area contributed by atoms with E-state index in [4.69, 9.17) is 39.5 Å². The van der Waals surface area contributed by atoms with Crippen molar-refractivity contribution < 1.29 is 13.9 Å². The molecule has 1 N–H and O–H groups in total. The summed E-state index contributed by atoms with van der Waals surface area (Å²) >= 11 is 17.2. The van der Waals surface area contributed by atoms with Crippen LogP contribution in [-0.4, -0.2) is 11.8 Å². The molecule has 0 radical (unpaired) electrons. The number of alkyl halides is 1. The maximum atomic E-state index is 13.9. The average molecular weight is 349 g/mol. The second-order valence-corrected chi connectivity index (χ2v) is 5.03. The summed E-state index contributed by atoms with van der Waals surface area (Å²) in [6.07, 6.45) is 0. The van der Waals surface area contributed by atoms with Crippen LogP contribution in [0.1, 0.15) is 0 Å². The maximum absolute atomic E-state index is 13.9. The minimum absolute atomic E-state index is 0.0389. The molecule has 0 bridgehead atoms. The van der Waals surface area contributed by atoms with Crippen LogP contribution in [0.4, 0.5) is 10.1 Å². The Balaban J connectivity index is 2.21. The van der Waals surface area contributed by atoms with Crippen molar-refractivity contribution in [2.24, 2.45) is 0 Å². The predicted molar refractivity (Wildman–Crippen MR) is 82.3 cm³/mol. The average Bonchev–Trinajstić information content (AvgIpc) is 2.46. The molecule has 2 aromatic rings. The molecule has 0 spiro atoms. The molecule has 0 aromatic heterocycles. The Hall–Kier alpha value is -1.49. The van der Waals surface area contributed by atoms with Gasteiger partial charge in [-0.05, 0) is 24.3 Å². The summed E-state index contributed by atoms with van der Waals surface area (Å²) in [5.74, 6) is -1.09. The van der Waals surface area contributed by atoms with E-state index in [-0.39, 0.29) is 28.1 Å². The van der Waals surface area contributed by atoms with E-state index in [0.717, 1.165) is 6.07 Å². The first-order valence-corrected chi connectivity index (χ1v) is 7.07. The van der Waals surface area contributed by atoms with Gasteiger partial charge in [-0.15, -0.1) is 11.6 Å². The van der Waals surface area contributed by atoms with Crippen LogP contribution in [0, 0.1) is 5.82 Å². The van der Waals surface area contributed by atoms with Crippen molar-refractivity contribution in [1.82, 2.24) is 0 Å². The highest BCUT2D eigenvalue weighted by atomic mass is 35.5. The number of hydrogen-bond donors (Lipinski definition) is 1. The second kappa shape index (κ2) is 6.98. The smallest absolute Gasteiger partial charge is 0.239 e. The SMILES string of the molecule is O=C(CCl)Nc1ccc(Oc2cccc(Cl)c2Cl)c(F)c1. The Bertz CT molecular complexity index is 679. The summed E-state index contributed by atoms with van der Waals surface area (Å²) in [6, 6.07) is 8.78. The van der Waals surface area contributed by atoms with Crippen LogP contribution < -0.4 is 10.1 Å². The molecule has 0 saturated carbocycles. The number of benzene rings is 2. The molecule has 0 aliphatic heterocycles. The highest BCUT2D eigenvalue weighted by Crippen LogP contribution is 2.35. The minimum atomic E-state index is -0.654. The lowest BCUT2D eigenvalue weighted by molar-refractivity contribution is -0.113. The van der Waals surface area contributed by atoms with Crippen molar-refractivity contribution in [3.05, 3.63) is 52.3 Å². The van der Waals surface area contributed by atoms with E-state index in [1.165, 1.54) is 12.1 Å². The van der Waals surface area contributed by atoms with Gasteiger partial charge in [0, 0.05) is 11.8 Å². The molecule has 21 heavy (non-hydrogen) atoms. The minimum Gasteiger partial charge on any atom is -0.453 e. The summed E-state index contributed by atoms with van der Waals surface area (Å²) < 4.78 is 19.3. The lowest BCUT2D eigenvalue weighted by Crippen LogP contribution is -2.12. The zero-order valence-electron chi connectivity index (χ0n) is 10.5. The lowest BCUT2D eigenvalue weighted by atomic mass is 10.2. The number of anilines is 1. The second-order valence-electron chi connectivity index (χ2n) is 3.98. The Kier molecular flexibility index (Phi) is 5.28. The third kappa shape index (κ3) is 4.00. The molecule has 0 atom stereocenters. The van der Waals surface area contributed by atoms with Gasteiger partial charge in [0.2, 0.25) is 5.91 Å². The molecule has 3 nitrogen and oxygen atoms in total. The number of halogens is 4. The Morgan fingerprint density at radius 1 is 1.19 bits per heavy atom. The number of carbonyl (C=O) groups excluding carboxylic acids is 1. The van der Waals surface area contributed by atoms with Gasteiger partial charge in [0.25, 0.3) is 0 Å². The van der Waals surface area contributed by atoms with Crippen LogP contribution in [0.25, 0.3) is 0 Å². The summed E-state index contributed by atoms with van der Waals surface area (Å²) in [6.45, 7) is 0. The highest BCUT2D eigenvalue weighted by Gasteiger charge is 2.11. The molecule has 0 fully saturated rings. The van der Waals surface area contributed by atoms with Gasteiger partial charge in [-0.1, -0.05) is 29.3 Å². The molecule has 0 heterocycles. The molecule has 0 aliphatic rings. The van der Waals surface area contributed by atoms with Gasteiger partial charge in [-0.3, -0.25) is 4.79 Å². The molecular weight excluding hydrogens is 340 g/mol. The van der Waals surface area contributed by atoms with Crippen LogP contribution in [0.15, 0.2) is 36.4 Å². The summed E-state index contributed by atoms with van der Waals surface area (Å²) in [4.78, 5) is 11.1. The van der Waals surface area contributed by atoms with Gasteiger partial charge in [0.1, 0.15) is 16.7 Å².